The minimum absolute atomic E-state index is 0.899. The van der Waals surface area contributed by atoms with Gasteiger partial charge in [0.15, 0.2) is 0 Å². The molecule has 0 fully saturated rings. The fourth-order valence-corrected chi connectivity index (χ4v) is 2.15. The van der Waals surface area contributed by atoms with E-state index < -0.39 is 0 Å². The van der Waals surface area contributed by atoms with E-state index in [-0.39, 0.29) is 0 Å². The van der Waals surface area contributed by atoms with Gasteiger partial charge in [-0.1, -0.05) is 13.0 Å². The van der Waals surface area contributed by atoms with Crippen molar-refractivity contribution in [2.24, 2.45) is 0 Å². The highest BCUT2D eigenvalue weighted by Crippen LogP contribution is 2.24. The zero-order valence-electron chi connectivity index (χ0n) is 12.1. The Morgan fingerprint density at radius 2 is 2.11 bits per heavy atom. The van der Waals surface area contributed by atoms with Crippen LogP contribution in [0.3, 0.4) is 0 Å². The smallest absolute Gasteiger partial charge is 0.207 e. The van der Waals surface area contributed by atoms with Crippen LogP contribution in [0.4, 0.5) is 17.3 Å². The third-order valence-electron chi connectivity index (χ3n) is 3.13. The summed E-state index contributed by atoms with van der Waals surface area (Å²) < 4.78 is 2.13. The average molecular weight is 258 g/mol. The van der Waals surface area contributed by atoms with E-state index >= 15 is 0 Å². The van der Waals surface area contributed by atoms with Crippen LogP contribution in [0.2, 0.25) is 0 Å². The normalized spacial score (nSPS) is 10.5. The summed E-state index contributed by atoms with van der Waals surface area (Å²) >= 11 is 0. The maximum atomic E-state index is 4.37. The van der Waals surface area contributed by atoms with Crippen molar-refractivity contribution >= 4 is 17.3 Å². The summed E-state index contributed by atoms with van der Waals surface area (Å²) in [6.45, 7) is 5.27. The predicted molar refractivity (Wildman–Crippen MR) is 81.3 cm³/mol. The van der Waals surface area contributed by atoms with Crippen LogP contribution in [-0.2, 0) is 6.54 Å². The number of hydrogen-bond donors (Lipinski definition) is 1. The monoisotopic (exact) mass is 258 g/mol. The molecule has 0 radical (unpaired) electrons. The Labute approximate surface area is 115 Å². The highest BCUT2D eigenvalue weighted by Gasteiger charge is 2.05. The van der Waals surface area contributed by atoms with Gasteiger partial charge >= 0.3 is 0 Å². The Bertz CT molecular complexity index is 543. The zero-order valence-corrected chi connectivity index (χ0v) is 12.1. The van der Waals surface area contributed by atoms with Gasteiger partial charge in [0.2, 0.25) is 5.95 Å². The molecule has 1 aromatic heterocycles. The Kier molecular flexibility index (Phi) is 4.10. The Morgan fingerprint density at radius 3 is 2.79 bits per heavy atom. The van der Waals surface area contributed by atoms with Crippen LogP contribution in [-0.4, -0.2) is 23.6 Å². The number of imidazole rings is 1. The molecule has 4 heteroatoms. The van der Waals surface area contributed by atoms with Gasteiger partial charge in [0, 0.05) is 44.4 Å². The van der Waals surface area contributed by atoms with Gasteiger partial charge in [-0.2, -0.15) is 0 Å². The second-order valence-electron chi connectivity index (χ2n) is 4.96. The molecule has 1 N–H and O–H groups in total. The fourth-order valence-electron chi connectivity index (χ4n) is 2.15. The lowest BCUT2D eigenvalue weighted by Gasteiger charge is -2.17. The molecule has 0 amide bonds. The van der Waals surface area contributed by atoms with Gasteiger partial charge in [-0.05, 0) is 31.0 Å². The summed E-state index contributed by atoms with van der Waals surface area (Å²) in [4.78, 5) is 6.49. The molecule has 0 bridgehead atoms. The highest BCUT2D eigenvalue weighted by atomic mass is 15.2. The van der Waals surface area contributed by atoms with Crippen molar-refractivity contribution in [2.75, 3.05) is 24.3 Å². The van der Waals surface area contributed by atoms with Crippen molar-refractivity contribution in [2.45, 2.75) is 26.8 Å². The van der Waals surface area contributed by atoms with E-state index in [4.69, 9.17) is 0 Å². The number of hydrogen-bond acceptors (Lipinski definition) is 3. The molecule has 0 unspecified atom stereocenters. The number of nitrogens with one attached hydrogen (secondary N) is 1. The van der Waals surface area contributed by atoms with Crippen LogP contribution in [0, 0.1) is 6.92 Å². The van der Waals surface area contributed by atoms with Crippen LogP contribution in [0.25, 0.3) is 0 Å². The van der Waals surface area contributed by atoms with Crippen LogP contribution >= 0.6 is 0 Å². The van der Waals surface area contributed by atoms with Crippen LogP contribution in [0.15, 0.2) is 30.6 Å². The molecule has 0 saturated heterocycles. The Hall–Kier alpha value is -1.97. The maximum absolute atomic E-state index is 4.37. The van der Waals surface area contributed by atoms with Gasteiger partial charge in [-0.15, -0.1) is 0 Å². The lowest BCUT2D eigenvalue weighted by atomic mass is 10.1. The van der Waals surface area contributed by atoms with E-state index in [0.29, 0.717) is 0 Å². The van der Waals surface area contributed by atoms with Crippen molar-refractivity contribution in [3.05, 3.63) is 36.2 Å². The number of nitrogens with zero attached hydrogens (tertiary/aromatic N) is 3. The summed E-state index contributed by atoms with van der Waals surface area (Å²) in [7, 11) is 4.12. The minimum Gasteiger partial charge on any atom is -0.377 e. The summed E-state index contributed by atoms with van der Waals surface area (Å²) in [5.74, 6) is 0.899. The Balaban J connectivity index is 2.23. The van der Waals surface area contributed by atoms with Gasteiger partial charge in [-0.25, -0.2) is 4.98 Å². The summed E-state index contributed by atoms with van der Waals surface area (Å²) in [6, 6.07) is 6.37. The van der Waals surface area contributed by atoms with E-state index in [1.165, 1.54) is 11.3 Å². The van der Waals surface area contributed by atoms with E-state index in [9.17, 15) is 0 Å². The SMILES string of the molecule is CCCn1ccnc1Nc1ccc(C)c(N(C)C)c1. The largest absolute Gasteiger partial charge is 0.377 e. The quantitative estimate of drug-likeness (QED) is 0.892. The number of aromatic nitrogens is 2. The number of anilines is 3. The van der Waals surface area contributed by atoms with Crippen molar-refractivity contribution in [1.82, 2.24) is 9.55 Å². The summed E-state index contributed by atoms with van der Waals surface area (Å²) in [5, 5.41) is 3.38. The van der Waals surface area contributed by atoms with Gasteiger partial charge < -0.3 is 14.8 Å². The standard InChI is InChI=1S/C15H22N4/c1-5-9-19-10-8-16-15(19)17-13-7-6-12(2)14(11-13)18(3)4/h6-8,10-11H,5,9H2,1-4H3,(H,16,17). The van der Waals surface area contributed by atoms with Gasteiger partial charge in [-0.3, -0.25) is 0 Å². The van der Waals surface area contributed by atoms with Gasteiger partial charge in [0.25, 0.3) is 0 Å². The van der Waals surface area contributed by atoms with Crippen molar-refractivity contribution < 1.29 is 0 Å². The van der Waals surface area contributed by atoms with E-state index in [1.807, 2.05) is 12.4 Å². The molecule has 19 heavy (non-hydrogen) atoms. The first kappa shape index (κ1) is 13.5. The molecule has 102 valence electrons. The molecule has 0 atom stereocenters. The molecule has 0 aliphatic carbocycles. The Morgan fingerprint density at radius 1 is 1.32 bits per heavy atom. The zero-order chi connectivity index (χ0) is 13.8. The van der Waals surface area contributed by atoms with Crippen molar-refractivity contribution in [3.8, 4) is 0 Å². The van der Waals surface area contributed by atoms with Crippen molar-refractivity contribution in [1.29, 1.82) is 0 Å². The topological polar surface area (TPSA) is 33.1 Å². The number of benzene rings is 1. The van der Waals surface area contributed by atoms with E-state index in [2.05, 4.69) is 65.9 Å². The molecule has 1 aromatic carbocycles. The average Bonchev–Trinajstić information content (AvgIpc) is 2.79. The molecule has 2 aromatic rings. The lowest BCUT2D eigenvalue weighted by molar-refractivity contribution is 0.686. The second-order valence-corrected chi connectivity index (χ2v) is 4.96. The predicted octanol–water partition coefficient (Wildman–Crippen LogP) is 3.41. The molecule has 2 rings (SSSR count). The first-order valence-corrected chi connectivity index (χ1v) is 6.68. The molecule has 1 heterocycles. The van der Waals surface area contributed by atoms with Gasteiger partial charge in [0.1, 0.15) is 0 Å². The molecular weight excluding hydrogens is 236 g/mol. The summed E-state index contributed by atoms with van der Waals surface area (Å²) in [6.07, 6.45) is 4.94. The molecule has 0 aliphatic heterocycles. The van der Waals surface area contributed by atoms with Crippen LogP contribution in [0.1, 0.15) is 18.9 Å². The summed E-state index contributed by atoms with van der Waals surface area (Å²) in [5.41, 5.74) is 3.56. The first-order chi connectivity index (χ1) is 9.11. The van der Waals surface area contributed by atoms with E-state index in [0.717, 1.165) is 24.6 Å². The molecule has 0 aliphatic rings. The molecule has 0 saturated carbocycles. The van der Waals surface area contributed by atoms with Crippen LogP contribution < -0.4 is 10.2 Å². The molecule has 0 spiro atoms. The van der Waals surface area contributed by atoms with Gasteiger partial charge in [0.05, 0.1) is 0 Å². The maximum Gasteiger partial charge on any atom is 0.207 e. The lowest BCUT2D eigenvalue weighted by Crippen LogP contribution is -2.11. The third-order valence-corrected chi connectivity index (χ3v) is 3.13. The van der Waals surface area contributed by atoms with E-state index in [1.54, 1.807) is 0 Å². The highest BCUT2D eigenvalue weighted by molar-refractivity contribution is 5.65. The third kappa shape index (κ3) is 3.08. The number of aryl methyl sites for hydroxylation is 2. The number of rotatable bonds is 5. The van der Waals surface area contributed by atoms with Crippen molar-refractivity contribution in [3.63, 3.8) is 0 Å². The molecule has 4 nitrogen and oxygen atoms in total. The second kappa shape index (κ2) is 5.78. The minimum atomic E-state index is 0.899. The van der Waals surface area contributed by atoms with Crippen LogP contribution in [0.5, 0.6) is 0 Å². The fraction of sp³-hybridized carbons (Fsp3) is 0.400. The molecular formula is C15H22N4. The first-order valence-electron chi connectivity index (χ1n) is 6.68.